The molecule has 0 bridgehead atoms. The number of rotatable bonds is 7. The average molecular weight is 387 g/mol. The van der Waals surface area contributed by atoms with Crippen molar-refractivity contribution in [3.05, 3.63) is 17.5 Å². The predicted octanol–water partition coefficient (Wildman–Crippen LogP) is 1.37. The van der Waals surface area contributed by atoms with Crippen LogP contribution in [0.25, 0.3) is 0 Å². The molecule has 0 aromatic carbocycles. The summed E-state index contributed by atoms with van der Waals surface area (Å²) in [4.78, 5) is 14.4. The maximum absolute atomic E-state index is 12.8. The fourth-order valence-corrected chi connectivity index (χ4v) is 4.02. The molecule has 2 rings (SSSR count). The quantitative estimate of drug-likeness (QED) is 0.763. The Balaban J connectivity index is 2.13. The van der Waals surface area contributed by atoms with Gasteiger partial charge in [-0.15, -0.1) is 0 Å². The third-order valence-corrected chi connectivity index (χ3v) is 6.24. The van der Waals surface area contributed by atoms with E-state index in [0.29, 0.717) is 19.0 Å². The first-order chi connectivity index (χ1) is 12.0. The molecule has 0 radical (unpaired) electrons. The molecule has 1 aliphatic heterocycles. The smallest absolute Gasteiger partial charge is 0.292 e. The number of carbonyl (C=O) groups excluding carboxylic acids is 1. The second kappa shape index (κ2) is 8.06. The van der Waals surface area contributed by atoms with Crippen molar-refractivity contribution in [2.24, 2.45) is 17.8 Å². The van der Waals surface area contributed by atoms with Crippen molar-refractivity contribution in [2.75, 3.05) is 27.2 Å². The summed E-state index contributed by atoms with van der Waals surface area (Å²) < 4.78 is 33.5. The van der Waals surface area contributed by atoms with Gasteiger partial charge >= 0.3 is 0 Å². The van der Waals surface area contributed by atoms with E-state index in [0.717, 1.165) is 16.4 Å². The highest BCUT2D eigenvalue weighted by atomic mass is 32.2. The normalized spacial score (nSPS) is 21.3. The first kappa shape index (κ1) is 20.9. The number of likely N-dealkylation sites (tertiary alicyclic amines) is 1. The van der Waals surface area contributed by atoms with Gasteiger partial charge in [0.2, 0.25) is 5.76 Å². The van der Waals surface area contributed by atoms with Crippen LogP contribution in [-0.4, -0.2) is 61.9 Å². The van der Waals surface area contributed by atoms with Gasteiger partial charge in [0.05, 0.1) is 5.69 Å². The number of nitrogens with one attached hydrogen (secondary N) is 1. The maximum atomic E-state index is 12.8. The largest absolute Gasteiger partial charge is 0.351 e. The molecule has 0 spiro atoms. The molecule has 0 saturated carbocycles. The van der Waals surface area contributed by atoms with E-state index in [1.165, 1.54) is 14.1 Å². The van der Waals surface area contributed by atoms with Gasteiger partial charge in [0.15, 0.2) is 0 Å². The van der Waals surface area contributed by atoms with Crippen molar-refractivity contribution in [3.8, 4) is 0 Å². The molecule has 26 heavy (non-hydrogen) atoms. The highest BCUT2D eigenvalue weighted by Crippen LogP contribution is 2.26. The fraction of sp³-hybridized carbons (Fsp3) is 0.765. The van der Waals surface area contributed by atoms with E-state index in [-0.39, 0.29) is 29.5 Å². The molecule has 2 atom stereocenters. The van der Waals surface area contributed by atoms with E-state index in [1.54, 1.807) is 11.0 Å². The predicted molar refractivity (Wildman–Crippen MR) is 98.8 cm³/mol. The van der Waals surface area contributed by atoms with Gasteiger partial charge in [-0.2, -0.15) is 17.4 Å². The third-order valence-electron chi connectivity index (χ3n) is 4.68. The van der Waals surface area contributed by atoms with E-state index in [1.807, 2.05) is 13.8 Å². The second-order valence-corrected chi connectivity index (χ2v) is 9.83. The van der Waals surface area contributed by atoms with Gasteiger partial charge in [-0.1, -0.05) is 32.9 Å². The highest BCUT2D eigenvalue weighted by molar-refractivity contribution is 7.87. The number of amides is 1. The van der Waals surface area contributed by atoms with Gasteiger partial charge < -0.3 is 9.42 Å². The molecule has 0 unspecified atom stereocenters. The van der Waals surface area contributed by atoms with Crippen LogP contribution in [0.15, 0.2) is 10.6 Å². The summed E-state index contributed by atoms with van der Waals surface area (Å²) in [5.74, 6) is 0.648. The van der Waals surface area contributed by atoms with E-state index in [9.17, 15) is 13.2 Å². The lowest BCUT2D eigenvalue weighted by Gasteiger charge is -2.24. The lowest BCUT2D eigenvalue weighted by atomic mass is 9.92. The Kier molecular flexibility index (Phi) is 6.46. The first-order valence-electron chi connectivity index (χ1n) is 8.96. The van der Waals surface area contributed by atoms with Gasteiger partial charge in [-0.25, -0.2) is 0 Å². The molecule has 1 saturated heterocycles. The molecule has 1 aromatic rings. The van der Waals surface area contributed by atoms with Crippen molar-refractivity contribution in [1.29, 1.82) is 0 Å². The van der Waals surface area contributed by atoms with E-state index >= 15 is 0 Å². The summed E-state index contributed by atoms with van der Waals surface area (Å²) in [6, 6.07) is 1.36. The van der Waals surface area contributed by atoms with Gasteiger partial charge in [0, 0.05) is 39.3 Å². The topological polar surface area (TPSA) is 95.8 Å². The van der Waals surface area contributed by atoms with Crippen molar-refractivity contribution < 1.29 is 17.7 Å². The van der Waals surface area contributed by atoms with Gasteiger partial charge in [0.25, 0.3) is 16.1 Å². The molecule has 1 fully saturated rings. The number of nitrogens with zero attached hydrogens (tertiary/aromatic N) is 3. The molecular formula is C17H30N4O4S. The van der Waals surface area contributed by atoms with Crippen molar-refractivity contribution in [3.63, 3.8) is 0 Å². The minimum atomic E-state index is -3.56. The minimum absolute atomic E-state index is 0.0340. The lowest BCUT2D eigenvalue weighted by Crippen LogP contribution is -2.46. The summed E-state index contributed by atoms with van der Waals surface area (Å²) in [6.45, 7) is 9.01. The van der Waals surface area contributed by atoms with Crippen LogP contribution in [0.4, 0.5) is 0 Å². The van der Waals surface area contributed by atoms with Crippen LogP contribution < -0.4 is 4.72 Å². The van der Waals surface area contributed by atoms with Gasteiger partial charge in [-0.3, -0.25) is 4.79 Å². The number of carbonyl (C=O) groups is 1. The van der Waals surface area contributed by atoms with Crippen LogP contribution in [0.3, 0.4) is 0 Å². The number of aromatic nitrogens is 1. The lowest BCUT2D eigenvalue weighted by molar-refractivity contribution is 0.0741. The van der Waals surface area contributed by atoms with Crippen molar-refractivity contribution in [2.45, 2.75) is 40.2 Å². The molecule has 0 aliphatic carbocycles. The first-order valence-corrected chi connectivity index (χ1v) is 10.4. The molecular weight excluding hydrogens is 356 g/mol. The molecule has 148 valence electrons. The average Bonchev–Trinajstić information content (AvgIpc) is 3.12. The van der Waals surface area contributed by atoms with E-state index in [2.05, 4.69) is 23.7 Å². The summed E-state index contributed by atoms with van der Waals surface area (Å²) in [5.41, 5.74) is 0.757. The number of hydrogen-bond acceptors (Lipinski definition) is 5. The Hall–Kier alpha value is -1.45. The molecule has 9 heteroatoms. The summed E-state index contributed by atoms with van der Waals surface area (Å²) >= 11 is 0. The van der Waals surface area contributed by atoms with Crippen LogP contribution in [0, 0.1) is 17.8 Å². The molecule has 8 nitrogen and oxygen atoms in total. The van der Waals surface area contributed by atoms with Gasteiger partial charge in [-0.05, 0) is 24.2 Å². The maximum Gasteiger partial charge on any atom is 0.292 e. The Labute approximate surface area is 156 Å². The summed E-state index contributed by atoms with van der Waals surface area (Å²) in [6.07, 6.45) is 0.747. The second-order valence-electron chi connectivity index (χ2n) is 7.91. The van der Waals surface area contributed by atoms with Crippen LogP contribution in [0.5, 0.6) is 0 Å². The third kappa shape index (κ3) is 4.83. The molecule has 1 aliphatic rings. The minimum Gasteiger partial charge on any atom is -0.351 e. The molecule has 1 aromatic heterocycles. The highest BCUT2D eigenvalue weighted by Gasteiger charge is 2.40. The van der Waals surface area contributed by atoms with E-state index in [4.69, 9.17) is 4.52 Å². The van der Waals surface area contributed by atoms with E-state index < -0.39 is 10.2 Å². The standard InChI is InChI=1S/C17H30N4O4S/c1-11(2)7-13-8-16(25-18-13)17(22)21-9-14(12(3)4)15(10-21)19-26(23,24)20(5)6/h8,11-12,14-15,19H,7,9-10H2,1-6H3/t14-,15+/m0/s1. The monoisotopic (exact) mass is 386 g/mol. The fourth-order valence-electron chi connectivity index (χ4n) is 3.17. The van der Waals surface area contributed by atoms with Crippen LogP contribution in [0.1, 0.15) is 43.9 Å². The van der Waals surface area contributed by atoms with Crippen molar-refractivity contribution >= 4 is 16.1 Å². The Morgan fingerprint density at radius 3 is 2.54 bits per heavy atom. The summed E-state index contributed by atoms with van der Waals surface area (Å²) in [7, 11) is -0.599. The SMILES string of the molecule is CC(C)Cc1cc(C(=O)N2C[C@@H](NS(=O)(=O)N(C)C)[C@H](C(C)C)C2)on1. The zero-order valence-corrected chi connectivity index (χ0v) is 17.2. The Morgan fingerprint density at radius 2 is 2.00 bits per heavy atom. The molecule has 2 heterocycles. The molecule has 1 amide bonds. The van der Waals surface area contributed by atoms with Crippen LogP contribution >= 0.6 is 0 Å². The number of hydrogen-bond donors (Lipinski definition) is 1. The van der Waals surface area contributed by atoms with Gasteiger partial charge in [0.1, 0.15) is 0 Å². The molecule has 1 N–H and O–H groups in total. The Bertz CT molecular complexity index is 727. The van der Waals surface area contributed by atoms with Crippen LogP contribution in [-0.2, 0) is 16.6 Å². The van der Waals surface area contributed by atoms with Crippen molar-refractivity contribution in [1.82, 2.24) is 19.1 Å². The van der Waals surface area contributed by atoms with Crippen LogP contribution in [0.2, 0.25) is 0 Å². The zero-order chi connectivity index (χ0) is 19.6. The Morgan fingerprint density at radius 1 is 1.35 bits per heavy atom. The summed E-state index contributed by atoms with van der Waals surface area (Å²) in [5, 5.41) is 3.96. The zero-order valence-electron chi connectivity index (χ0n) is 16.4.